The first-order chi connectivity index (χ1) is 11.2. The molecule has 0 radical (unpaired) electrons. The van der Waals surface area contributed by atoms with Crippen LogP contribution in [0.2, 0.25) is 0 Å². The van der Waals surface area contributed by atoms with Crippen molar-refractivity contribution in [2.24, 2.45) is 5.92 Å². The van der Waals surface area contributed by atoms with Crippen LogP contribution in [0.25, 0.3) is 0 Å². The van der Waals surface area contributed by atoms with Crippen molar-refractivity contribution in [1.82, 2.24) is 0 Å². The third-order valence-corrected chi connectivity index (χ3v) is 5.30. The van der Waals surface area contributed by atoms with E-state index in [1.54, 1.807) is 20.5 Å². The van der Waals surface area contributed by atoms with Crippen LogP contribution in [0.3, 0.4) is 0 Å². The zero-order valence-corrected chi connectivity index (χ0v) is 13.2. The van der Waals surface area contributed by atoms with Crippen LogP contribution in [0.4, 0.5) is 0 Å². The smallest absolute Gasteiger partial charge is 0.121 e. The average molecular weight is 313 g/mol. The van der Waals surface area contributed by atoms with Crippen LogP contribution in [-0.2, 0) is 26.0 Å². The third kappa shape index (κ3) is 1.85. The first kappa shape index (κ1) is 14.6. The molecule has 0 amide bonds. The van der Waals surface area contributed by atoms with E-state index in [0.717, 1.165) is 28.9 Å². The molecule has 1 saturated heterocycles. The summed E-state index contributed by atoms with van der Waals surface area (Å²) < 4.78 is 22.6. The molecule has 2 aliphatic heterocycles. The fourth-order valence-electron chi connectivity index (χ4n) is 4.31. The molecule has 0 N–H and O–H groups in total. The maximum absolute atomic E-state index is 10.2. The normalized spacial score (nSPS) is 33.8. The Morgan fingerprint density at radius 1 is 1.39 bits per heavy atom. The fourth-order valence-corrected chi connectivity index (χ4v) is 4.31. The van der Waals surface area contributed by atoms with Gasteiger partial charge in [0.15, 0.2) is 0 Å². The Bertz CT molecular complexity index is 707. The van der Waals surface area contributed by atoms with Crippen molar-refractivity contribution in [1.29, 1.82) is 5.26 Å². The molecule has 2 heterocycles. The Morgan fingerprint density at radius 3 is 3.00 bits per heavy atom. The van der Waals surface area contributed by atoms with Gasteiger partial charge in [0.25, 0.3) is 0 Å². The Labute approximate surface area is 135 Å². The highest BCUT2D eigenvalue weighted by molar-refractivity contribution is 5.52. The Balaban J connectivity index is 1.94. The summed E-state index contributed by atoms with van der Waals surface area (Å²) in [5, 5.41) is 10.2. The lowest BCUT2D eigenvalue weighted by Gasteiger charge is -2.49. The van der Waals surface area contributed by atoms with E-state index in [-0.39, 0.29) is 18.1 Å². The lowest BCUT2D eigenvalue weighted by molar-refractivity contribution is -0.0772. The van der Waals surface area contributed by atoms with E-state index in [1.165, 1.54) is 0 Å². The van der Waals surface area contributed by atoms with Gasteiger partial charge in [-0.3, -0.25) is 0 Å². The van der Waals surface area contributed by atoms with Gasteiger partial charge in [-0.1, -0.05) is 6.07 Å². The van der Waals surface area contributed by atoms with Gasteiger partial charge < -0.3 is 18.9 Å². The molecule has 3 aliphatic rings. The molecule has 0 saturated carbocycles. The van der Waals surface area contributed by atoms with Crippen molar-refractivity contribution in [3.05, 3.63) is 41.2 Å². The zero-order chi connectivity index (χ0) is 16.0. The SMILES string of the molecule is COC[C@@H]1OCC2=CO[C@@H]3Cc4ccc(OC)cc4[C@]1(C#N)[C@H]23. The summed E-state index contributed by atoms with van der Waals surface area (Å²) in [6.45, 7) is 0.874. The van der Waals surface area contributed by atoms with Gasteiger partial charge >= 0.3 is 0 Å². The lowest BCUT2D eigenvalue weighted by atomic mass is 9.57. The van der Waals surface area contributed by atoms with Crippen molar-refractivity contribution >= 4 is 0 Å². The molecule has 1 aromatic rings. The van der Waals surface area contributed by atoms with Gasteiger partial charge in [-0.2, -0.15) is 5.26 Å². The van der Waals surface area contributed by atoms with Gasteiger partial charge in [0.1, 0.15) is 23.4 Å². The summed E-state index contributed by atoms with van der Waals surface area (Å²) in [4.78, 5) is 0. The van der Waals surface area contributed by atoms with E-state index < -0.39 is 5.41 Å². The van der Waals surface area contributed by atoms with E-state index >= 15 is 0 Å². The molecule has 1 aromatic carbocycles. The van der Waals surface area contributed by atoms with Crippen molar-refractivity contribution in [2.45, 2.75) is 24.0 Å². The van der Waals surface area contributed by atoms with Crippen molar-refractivity contribution < 1.29 is 18.9 Å². The second-order valence-corrected chi connectivity index (χ2v) is 6.31. The topological polar surface area (TPSA) is 60.7 Å². The zero-order valence-electron chi connectivity index (χ0n) is 13.2. The van der Waals surface area contributed by atoms with Crippen LogP contribution in [0.15, 0.2) is 30.0 Å². The number of benzene rings is 1. The van der Waals surface area contributed by atoms with E-state index in [4.69, 9.17) is 18.9 Å². The third-order valence-electron chi connectivity index (χ3n) is 5.30. The predicted molar refractivity (Wildman–Crippen MR) is 82.1 cm³/mol. The highest BCUT2D eigenvalue weighted by Gasteiger charge is 2.60. The molecule has 0 spiro atoms. The number of rotatable bonds is 3. The number of ether oxygens (including phenoxy) is 4. The lowest BCUT2D eigenvalue weighted by Crippen LogP contribution is -2.58. The molecular formula is C18H19NO4. The first-order valence-electron chi connectivity index (χ1n) is 7.78. The van der Waals surface area contributed by atoms with Crippen LogP contribution in [-0.4, -0.2) is 39.6 Å². The molecule has 0 unspecified atom stereocenters. The Kier molecular flexibility index (Phi) is 3.33. The van der Waals surface area contributed by atoms with Crippen LogP contribution >= 0.6 is 0 Å². The monoisotopic (exact) mass is 313 g/mol. The summed E-state index contributed by atoms with van der Waals surface area (Å²) >= 11 is 0. The minimum atomic E-state index is -0.802. The summed E-state index contributed by atoms with van der Waals surface area (Å²) in [7, 11) is 3.28. The van der Waals surface area contributed by atoms with Crippen molar-refractivity contribution in [2.75, 3.05) is 27.4 Å². The molecule has 120 valence electrons. The summed E-state index contributed by atoms with van der Waals surface area (Å²) in [6.07, 6.45) is 2.25. The van der Waals surface area contributed by atoms with Gasteiger partial charge in [-0.25, -0.2) is 0 Å². The second-order valence-electron chi connectivity index (χ2n) is 6.31. The molecule has 4 atom stereocenters. The minimum absolute atomic E-state index is 0.00574. The van der Waals surface area contributed by atoms with Crippen LogP contribution in [0, 0.1) is 17.2 Å². The Morgan fingerprint density at radius 2 is 2.26 bits per heavy atom. The predicted octanol–water partition coefficient (Wildman–Crippen LogP) is 1.96. The van der Waals surface area contributed by atoms with Gasteiger partial charge in [0.2, 0.25) is 0 Å². The average Bonchev–Trinajstić information content (AvgIpc) is 3.00. The molecule has 5 nitrogen and oxygen atoms in total. The highest BCUT2D eigenvalue weighted by Crippen LogP contribution is 2.54. The standard InChI is InChI=1S/C18H19NO4/c1-20-9-16-18(10-19)14-6-13(21-2)4-3-11(14)5-15-17(18)12(7-22-15)8-23-16/h3-4,6-7,15-17H,5,8-9H2,1-2H3/t15-,16+,17-,18+/m1/s1. The van der Waals surface area contributed by atoms with Gasteiger partial charge in [0, 0.05) is 19.4 Å². The fraction of sp³-hybridized carbons (Fsp3) is 0.500. The largest absolute Gasteiger partial charge is 0.497 e. The Hall–Kier alpha value is -2.03. The quantitative estimate of drug-likeness (QED) is 0.853. The first-order valence-corrected chi connectivity index (χ1v) is 7.78. The van der Waals surface area contributed by atoms with E-state index in [9.17, 15) is 5.26 Å². The molecule has 23 heavy (non-hydrogen) atoms. The van der Waals surface area contributed by atoms with E-state index in [2.05, 4.69) is 6.07 Å². The highest BCUT2D eigenvalue weighted by atomic mass is 16.5. The van der Waals surface area contributed by atoms with Crippen molar-refractivity contribution in [3.63, 3.8) is 0 Å². The summed E-state index contributed by atoms with van der Waals surface area (Å²) in [5.41, 5.74) is 2.37. The van der Waals surface area contributed by atoms with E-state index in [0.29, 0.717) is 13.2 Å². The second kappa shape index (κ2) is 5.26. The molecule has 1 aliphatic carbocycles. The van der Waals surface area contributed by atoms with Gasteiger partial charge in [-0.15, -0.1) is 0 Å². The summed E-state index contributed by atoms with van der Waals surface area (Å²) in [5.74, 6) is 0.768. The van der Waals surface area contributed by atoms with Crippen LogP contribution < -0.4 is 4.74 Å². The van der Waals surface area contributed by atoms with Crippen LogP contribution in [0.1, 0.15) is 11.1 Å². The van der Waals surface area contributed by atoms with Gasteiger partial charge in [0.05, 0.1) is 32.7 Å². The van der Waals surface area contributed by atoms with Gasteiger partial charge in [-0.05, 0) is 28.8 Å². The maximum Gasteiger partial charge on any atom is 0.121 e. The number of methoxy groups -OCH3 is 2. The molecular weight excluding hydrogens is 294 g/mol. The number of hydrogen-bond acceptors (Lipinski definition) is 5. The van der Waals surface area contributed by atoms with E-state index in [1.807, 2.05) is 18.2 Å². The van der Waals surface area contributed by atoms with Crippen LogP contribution in [0.5, 0.6) is 5.75 Å². The molecule has 5 heteroatoms. The molecule has 0 aromatic heterocycles. The van der Waals surface area contributed by atoms with Crippen molar-refractivity contribution in [3.8, 4) is 11.8 Å². The molecule has 0 bridgehead atoms. The molecule has 4 rings (SSSR count). The summed E-state index contributed by atoms with van der Waals surface area (Å²) in [6, 6.07) is 8.52. The maximum atomic E-state index is 10.2. The number of fused-ring (bicyclic) bond motifs is 2. The number of hydrogen-bond donors (Lipinski definition) is 0. The number of nitriles is 1. The minimum Gasteiger partial charge on any atom is -0.497 e. The molecule has 1 fully saturated rings. The number of nitrogens with zero attached hydrogens (tertiary/aromatic N) is 1.